The zero-order valence-electron chi connectivity index (χ0n) is 42.8. The lowest BCUT2D eigenvalue weighted by molar-refractivity contribution is 0.113. The zero-order valence-corrected chi connectivity index (χ0v) is 42.8. The molecule has 8 aromatic rings. The summed E-state index contributed by atoms with van der Waals surface area (Å²) < 4.78 is 3.90. The minimum absolute atomic E-state index is 0.0124. The van der Waals surface area contributed by atoms with Crippen molar-refractivity contribution < 1.29 is 0 Å². The molecule has 0 N–H and O–H groups in total. The largest absolute Gasteiger partial charge is 0.297 e. The maximum Gasteiger partial charge on any atom is 0.178 e. The van der Waals surface area contributed by atoms with E-state index in [1.54, 1.807) is 0 Å². The van der Waals surface area contributed by atoms with Crippen LogP contribution in [-0.4, -0.2) is 125 Å². The SMILES string of the molecule is Cc1ccc([C@@H](c2nnnn2-c2c(C)cccc2C)N2CCN(C/C=C/c3ccccc3)CC2)cc1.Cc1ccc([C@H](c2nnnn2-c2c(C)cccc2C)N2CCN(C/C=C/c3ccccc3)CC2)cc1. The van der Waals surface area contributed by atoms with Gasteiger partial charge in [-0.2, -0.15) is 9.36 Å². The van der Waals surface area contributed by atoms with Crippen LogP contribution in [0.4, 0.5) is 0 Å². The molecule has 2 aliphatic rings. The van der Waals surface area contributed by atoms with Gasteiger partial charge in [0.05, 0.1) is 23.5 Å². The molecule has 2 saturated heterocycles. The molecule has 2 fully saturated rings. The van der Waals surface area contributed by atoms with E-state index in [9.17, 15) is 0 Å². The van der Waals surface area contributed by atoms with Gasteiger partial charge in [-0.05, 0) is 107 Å². The fourth-order valence-electron chi connectivity index (χ4n) is 10.1. The Bertz CT molecular complexity index is 2770. The molecule has 2 aliphatic heterocycles. The Labute approximate surface area is 425 Å². The van der Waals surface area contributed by atoms with Crippen molar-refractivity contribution in [2.45, 2.75) is 53.6 Å². The number of aryl methyl sites for hydroxylation is 6. The molecule has 0 saturated carbocycles. The maximum atomic E-state index is 4.59. The molecule has 0 aliphatic carbocycles. The van der Waals surface area contributed by atoms with E-state index in [0.29, 0.717) is 0 Å². The van der Waals surface area contributed by atoms with Crippen molar-refractivity contribution in [3.63, 3.8) is 0 Å². The average molecular weight is 957 g/mol. The average Bonchev–Trinajstić information content (AvgIpc) is 4.07. The Hall–Kier alpha value is -7.22. The first-order chi connectivity index (χ1) is 35.2. The predicted octanol–water partition coefficient (Wildman–Crippen LogP) is 10.0. The molecule has 12 heteroatoms. The van der Waals surface area contributed by atoms with Crippen LogP contribution in [0.5, 0.6) is 0 Å². The second-order valence-corrected chi connectivity index (χ2v) is 19.3. The van der Waals surface area contributed by atoms with Gasteiger partial charge in [0.25, 0.3) is 0 Å². The second-order valence-electron chi connectivity index (χ2n) is 19.3. The minimum Gasteiger partial charge on any atom is -0.297 e. The highest BCUT2D eigenvalue weighted by Gasteiger charge is 2.33. The Kier molecular flexibility index (Phi) is 16.4. The molecule has 0 radical (unpaired) electrons. The minimum atomic E-state index is -0.0124. The molecular weight excluding hydrogens is 889 g/mol. The quantitative estimate of drug-likeness (QED) is 0.105. The molecule has 2 atom stereocenters. The maximum absolute atomic E-state index is 4.59. The van der Waals surface area contributed by atoms with Crippen molar-refractivity contribution in [1.82, 2.24) is 60.0 Å². The highest BCUT2D eigenvalue weighted by atomic mass is 15.6. The monoisotopic (exact) mass is 957 g/mol. The summed E-state index contributed by atoms with van der Waals surface area (Å²) in [7, 11) is 0. The lowest BCUT2D eigenvalue weighted by Gasteiger charge is -2.38. The lowest BCUT2D eigenvalue weighted by atomic mass is 10.0. The Morgan fingerprint density at radius 1 is 0.403 bits per heavy atom. The van der Waals surface area contributed by atoms with Crippen molar-refractivity contribution in [3.05, 3.63) is 225 Å². The van der Waals surface area contributed by atoms with Crippen LogP contribution in [0, 0.1) is 41.5 Å². The Balaban J connectivity index is 0.000000178. The summed E-state index contributed by atoms with van der Waals surface area (Å²) in [5.74, 6) is 1.74. The van der Waals surface area contributed by atoms with Gasteiger partial charge in [0.1, 0.15) is 0 Å². The fraction of sp³-hybridized carbons (Fsp3) is 0.300. The summed E-state index contributed by atoms with van der Waals surface area (Å²) in [6.07, 6.45) is 8.95. The highest BCUT2D eigenvalue weighted by molar-refractivity contribution is 5.51. The van der Waals surface area contributed by atoms with E-state index in [1.165, 1.54) is 55.6 Å². The van der Waals surface area contributed by atoms with Crippen molar-refractivity contribution in [2.24, 2.45) is 0 Å². The molecule has 12 nitrogen and oxygen atoms in total. The molecule has 0 bridgehead atoms. The third-order valence-electron chi connectivity index (χ3n) is 14.1. The van der Waals surface area contributed by atoms with Gasteiger partial charge in [0, 0.05) is 65.4 Å². The summed E-state index contributed by atoms with van der Waals surface area (Å²) in [6.45, 7) is 22.5. The number of para-hydroxylation sites is 2. The van der Waals surface area contributed by atoms with Crippen LogP contribution in [0.15, 0.2) is 158 Å². The van der Waals surface area contributed by atoms with E-state index >= 15 is 0 Å². The van der Waals surface area contributed by atoms with Crippen molar-refractivity contribution in [1.29, 1.82) is 0 Å². The molecule has 10 rings (SSSR count). The normalized spacial score (nSPS) is 16.0. The number of nitrogens with zero attached hydrogens (tertiary/aromatic N) is 12. The van der Waals surface area contributed by atoms with Gasteiger partial charge in [-0.15, -0.1) is 10.2 Å². The van der Waals surface area contributed by atoms with Crippen LogP contribution in [-0.2, 0) is 0 Å². The molecule has 0 spiro atoms. The van der Waals surface area contributed by atoms with E-state index in [2.05, 4.69) is 262 Å². The molecule has 4 heterocycles. The first kappa shape index (κ1) is 49.7. The molecule has 0 amide bonds. The van der Waals surface area contributed by atoms with Gasteiger partial charge in [-0.25, -0.2) is 0 Å². The fourth-order valence-corrected chi connectivity index (χ4v) is 10.1. The Morgan fingerprint density at radius 3 is 1.10 bits per heavy atom. The van der Waals surface area contributed by atoms with E-state index in [-0.39, 0.29) is 12.1 Å². The van der Waals surface area contributed by atoms with Crippen molar-refractivity contribution in [2.75, 3.05) is 65.4 Å². The van der Waals surface area contributed by atoms with Crippen LogP contribution in [0.1, 0.15) is 79.4 Å². The Morgan fingerprint density at radius 2 is 0.750 bits per heavy atom. The van der Waals surface area contributed by atoms with Crippen LogP contribution in [0.25, 0.3) is 23.5 Å². The second kappa shape index (κ2) is 23.8. The van der Waals surface area contributed by atoms with Crippen LogP contribution in [0.3, 0.4) is 0 Å². The zero-order chi connectivity index (χ0) is 49.8. The molecule has 6 aromatic carbocycles. The highest BCUT2D eigenvalue weighted by Crippen LogP contribution is 2.33. The topological polar surface area (TPSA) is 100 Å². The third-order valence-corrected chi connectivity index (χ3v) is 14.1. The molecule has 72 heavy (non-hydrogen) atoms. The molecular formula is C60H68N12. The van der Waals surface area contributed by atoms with Gasteiger partial charge < -0.3 is 0 Å². The van der Waals surface area contributed by atoms with Gasteiger partial charge in [0.15, 0.2) is 11.6 Å². The molecule has 0 unspecified atom stereocenters. The number of hydrogen-bond acceptors (Lipinski definition) is 10. The molecule has 2 aromatic heterocycles. The standard InChI is InChI=1S/2C30H34N6/c2*1-23-14-16-27(17-15-23)29(30-31-32-33-36(30)28-24(2)9-7-10-25(28)3)35-21-19-34(20-22-35)18-8-13-26-11-5-4-6-12-26/h2*4-17,29H,18-22H2,1-3H3/b2*13-8+/t2*29-/m10/s1. The van der Waals surface area contributed by atoms with Gasteiger partial charge in [-0.1, -0.05) is 181 Å². The summed E-state index contributed by atoms with van der Waals surface area (Å²) >= 11 is 0. The summed E-state index contributed by atoms with van der Waals surface area (Å²) in [5, 5.41) is 26.4. The number of benzene rings is 6. The van der Waals surface area contributed by atoms with E-state index in [0.717, 1.165) is 88.5 Å². The third kappa shape index (κ3) is 12.1. The van der Waals surface area contributed by atoms with Gasteiger partial charge in [-0.3, -0.25) is 19.6 Å². The van der Waals surface area contributed by atoms with E-state index in [4.69, 9.17) is 0 Å². The van der Waals surface area contributed by atoms with Crippen molar-refractivity contribution in [3.8, 4) is 11.4 Å². The number of tetrazole rings is 2. The van der Waals surface area contributed by atoms with Crippen molar-refractivity contribution >= 4 is 12.2 Å². The number of aromatic nitrogens is 8. The number of hydrogen-bond donors (Lipinski definition) is 0. The van der Waals surface area contributed by atoms with Crippen LogP contribution >= 0.6 is 0 Å². The lowest BCUT2D eigenvalue weighted by Crippen LogP contribution is -2.48. The predicted molar refractivity (Wildman–Crippen MR) is 290 cm³/mol. The number of rotatable bonds is 14. The van der Waals surface area contributed by atoms with Gasteiger partial charge in [0.2, 0.25) is 0 Å². The summed E-state index contributed by atoms with van der Waals surface area (Å²) in [6, 6.07) is 51.2. The number of piperazine rings is 2. The smallest absolute Gasteiger partial charge is 0.178 e. The summed E-state index contributed by atoms with van der Waals surface area (Å²) in [5.41, 5.74) is 14.2. The van der Waals surface area contributed by atoms with Gasteiger partial charge >= 0.3 is 0 Å². The van der Waals surface area contributed by atoms with E-state index in [1.807, 2.05) is 9.36 Å². The summed E-state index contributed by atoms with van der Waals surface area (Å²) in [4.78, 5) is 10.1. The molecule has 368 valence electrons. The van der Waals surface area contributed by atoms with Crippen LogP contribution < -0.4 is 0 Å². The first-order valence-electron chi connectivity index (χ1n) is 25.4. The first-order valence-corrected chi connectivity index (χ1v) is 25.4. The van der Waals surface area contributed by atoms with Crippen LogP contribution in [0.2, 0.25) is 0 Å². The van der Waals surface area contributed by atoms with E-state index < -0.39 is 0 Å².